The number of carbonyl (C=O) groups excluding carboxylic acids is 1. The fourth-order valence-electron chi connectivity index (χ4n) is 4.14. The van der Waals surface area contributed by atoms with Gasteiger partial charge in [0.2, 0.25) is 0 Å². The number of nitrogens with one attached hydrogen (secondary N) is 2. The Kier molecular flexibility index (Phi) is 7.06. The van der Waals surface area contributed by atoms with Gasteiger partial charge in [0.25, 0.3) is 0 Å². The molecule has 0 radical (unpaired) electrons. The number of carbonyl (C=O) groups is 1. The Bertz CT molecular complexity index is 1130. The zero-order valence-corrected chi connectivity index (χ0v) is 20.5. The minimum atomic E-state index is -3.46. The summed E-state index contributed by atoms with van der Waals surface area (Å²) in [6.07, 6.45) is 1.06. The number of anilines is 2. The van der Waals surface area contributed by atoms with Crippen molar-refractivity contribution in [3.05, 3.63) is 36.0 Å². The van der Waals surface area contributed by atoms with Crippen molar-refractivity contribution in [2.75, 3.05) is 56.5 Å². The van der Waals surface area contributed by atoms with Crippen molar-refractivity contribution >= 4 is 27.4 Å². The number of rotatable bonds is 8. The monoisotopic (exact) mass is 489 g/mol. The normalized spacial score (nSPS) is 19.5. The lowest BCUT2D eigenvalue weighted by molar-refractivity contribution is 0.0985. The van der Waals surface area contributed by atoms with E-state index in [9.17, 15) is 13.2 Å². The standard InChI is InChI=1S/C23H31N5O5S/c1-16-15-33-11-10-28(16)20-14-19(23(8-9-23)34(30,31)13-12-32-3)26-21(27-20)17-4-6-18(7-5-17)25-22(29)24-2/h4-7,14,16H,8-13,15H2,1-3H3,(H2,24,25,29)/t16-/m0/s1. The Morgan fingerprint density at radius 3 is 2.62 bits per heavy atom. The van der Waals surface area contributed by atoms with E-state index in [0.29, 0.717) is 55.6 Å². The maximum atomic E-state index is 13.2. The summed E-state index contributed by atoms with van der Waals surface area (Å²) >= 11 is 0. The number of methoxy groups -OCH3 is 1. The Morgan fingerprint density at radius 1 is 1.26 bits per heavy atom. The molecule has 0 bridgehead atoms. The lowest BCUT2D eigenvalue weighted by Gasteiger charge is -2.34. The predicted molar refractivity (Wildman–Crippen MR) is 130 cm³/mol. The second-order valence-electron chi connectivity index (χ2n) is 8.64. The second kappa shape index (κ2) is 9.85. The highest BCUT2D eigenvalue weighted by molar-refractivity contribution is 7.92. The molecule has 2 amide bonds. The molecule has 2 aliphatic rings. The zero-order valence-electron chi connectivity index (χ0n) is 19.7. The average Bonchev–Trinajstić information content (AvgIpc) is 3.66. The molecule has 2 N–H and O–H groups in total. The Labute approximate surface area is 200 Å². The van der Waals surface area contributed by atoms with Crippen molar-refractivity contribution in [1.82, 2.24) is 15.3 Å². The van der Waals surface area contributed by atoms with Crippen molar-refractivity contribution in [2.24, 2.45) is 0 Å². The molecule has 11 heteroatoms. The van der Waals surface area contributed by atoms with Gasteiger partial charge in [0.05, 0.1) is 37.3 Å². The second-order valence-corrected chi connectivity index (χ2v) is 11.1. The summed E-state index contributed by atoms with van der Waals surface area (Å²) in [6, 6.07) is 8.77. The summed E-state index contributed by atoms with van der Waals surface area (Å²) in [5.74, 6) is 1.09. The minimum Gasteiger partial charge on any atom is -0.384 e. The molecular weight excluding hydrogens is 458 g/mol. The average molecular weight is 490 g/mol. The van der Waals surface area contributed by atoms with Gasteiger partial charge < -0.3 is 25.0 Å². The van der Waals surface area contributed by atoms with Crippen molar-refractivity contribution in [2.45, 2.75) is 30.6 Å². The van der Waals surface area contributed by atoms with Crippen LogP contribution in [0.5, 0.6) is 0 Å². The summed E-state index contributed by atoms with van der Waals surface area (Å²) in [6.45, 7) is 4.02. The molecule has 2 heterocycles. The van der Waals surface area contributed by atoms with Gasteiger partial charge in [-0.05, 0) is 44.0 Å². The van der Waals surface area contributed by atoms with E-state index < -0.39 is 14.6 Å². The molecule has 1 aromatic carbocycles. The van der Waals surface area contributed by atoms with Gasteiger partial charge in [-0.2, -0.15) is 0 Å². The number of amides is 2. The lowest BCUT2D eigenvalue weighted by Crippen LogP contribution is -2.44. The van der Waals surface area contributed by atoms with Gasteiger partial charge in [-0.15, -0.1) is 0 Å². The molecule has 1 aliphatic carbocycles. The van der Waals surface area contributed by atoms with Gasteiger partial charge in [-0.25, -0.2) is 23.2 Å². The number of sulfone groups is 1. The van der Waals surface area contributed by atoms with Gasteiger partial charge in [-0.1, -0.05) is 0 Å². The van der Waals surface area contributed by atoms with Crippen LogP contribution in [-0.2, 0) is 24.1 Å². The zero-order chi connectivity index (χ0) is 24.3. The van der Waals surface area contributed by atoms with Crippen molar-refractivity contribution in [3.63, 3.8) is 0 Å². The number of hydrogen-bond donors (Lipinski definition) is 2. The van der Waals surface area contributed by atoms with Crippen molar-refractivity contribution in [3.8, 4) is 11.4 Å². The first-order valence-electron chi connectivity index (χ1n) is 11.3. The van der Waals surface area contributed by atoms with Crippen LogP contribution in [0.4, 0.5) is 16.3 Å². The van der Waals surface area contributed by atoms with E-state index in [1.807, 2.05) is 18.2 Å². The van der Waals surface area contributed by atoms with Gasteiger partial charge in [0, 0.05) is 38.0 Å². The van der Waals surface area contributed by atoms with E-state index in [2.05, 4.69) is 22.5 Å². The fourth-order valence-corrected chi connectivity index (χ4v) is 6.06. The third-order valence-electron chi connectivity index (χ3n) is 6.33. The largest absolute Gasteiger partial charge is 0.384 e. The topological polar surface area (TPSA) is 123 Å². The number of urea groups is 1. The summed E-state index contributed by atoms with van der Waals surface area (Å²) in [5, 5.41) is 5.23. The maximum absolute atomic E-state index is 13.2. The van der Waals surface area contributed by atoms with Crippen molar-refractivity contribution in [1.29, 1.82) is 0 Å². The number of benzene rings is 1. The molecule has 1 aromatic heterocycles. The molecule has 10 nitrogen and oxygen atoms in total. The predicted octanol–water partition coefficient (Wildman–Crippen LogP) is 2.17. The molecule has 1 aliphatic heterocycles. The Morgan fingerprint density at radius 2 is 2.00 bits per heavy atom. The van der Waals surface area contributed by atoms with Crippen LogP contribution in [0.15, 0.2) is 30.3 Å². The number of morpholine rings is 1. The van der Waals surface area contributed by atoms with Crippen LogP contribution in [0.2, 0.25) is 0 Å². The molecule has 0 unspecified atom stereocenters. The van der Waals surface area contributed by atoms with Crippen LogP contribution in [0.1, 0.15) is 25.5 Å². The van der Waals surface area contributed by atoms with Gasteiger partial charge in [-0.3, -0.25) is 0 Å². The third-order valence-corrected chi connectivity index (χ3v) is 8.84. The highest BCUT2D eigenvalue weighted by Gasteiger charge is 2.57. The number of hydrogen-bond acceptors (Lipinski definition) is 8. The first-order chi connectivity index (χ1) is 16.3. The summed E-state index contributed by atoms with van der Waals surface area (Å²) in [5.41, 5.74) is 1.88. The van der Waals surface area contributed by atoms with E-state index in [-0.39, 0.29) is 24.4 Å². The molecule has 2 fully saturated rings. The molecule has 2 aromatic rings. The molecular formula is C23H31N5O5S. The first-order valence-corrected chi connectivity index (χ1v) is 13.0. The highest BCUT2D eigenvalue weighted by Crippen LogP contribution is 2.53. The molecule has 184 valence electrons. The quantitative estimate of drug-likeness (QED) is 0.578. The van der Waals surface area contributed by atoms with E-state index in [0.717, 1.165) is 5.56 Å². The summed E-state index contributed by atoms with van der Waals surface area (Å²) in [7, 11) is -0.414. The Balaban J connectivity index is 1.75. The minimum absolute atomic E-state index is 0.0496. The maximum Gasteiger partial charge on any atom is 0.318 e. The van der Waals surface area contributed by atoms with Crippen LogP contribution in [0.25, 0.3) is 11.4 Å². The molecule has 1 atom stereocenters. The van der Waals surface area contributed by atoms with Crippen LogP contribution >= 0.6 is 0 Å². The SMILES string of the molecule is CNC(=O)Nc1ccc(-c2nc(N3CCOC[C@@H]3C)cc(C3(S(=O)(=O)CCOC)CC3)n2)cc1. The molecule has 34 heavy (non-hydrogen) atoms. The van der Waals surface area contributed by atoms with E-state index in [1.54, 1.807) is 19.2 Å². The highest BCUT2D eigenvalue weighted by atomic mass is 32.2. The van der Waals surface area contributed by atoms with Gasteiger partial charge >= 0.3 is 6.03 Å². The van der Waals surface area contributed by atoms with Gasteiger partial charge in [0.1, 0.15) is 10.6 Å². The van der Waals surface area contributed by atoms with E-state index >= 15 is 0 Å². The Hall–Kier alpha value is -2.76. The van der Waals surface area contributed by atoms with Crippen LogP contribution in [0, 0.1) is 0 Å². The van der Waals surface area contributed by atoms with Crippen molar-refractivity contribution < 1.29 is 22.7 Å². The van der Waals surface area contributed by atoms with E-state index in [4.69, 9.17) is 19.4 Å². The first kappa shape index (κ1) is 24.4. The number of ether oxygens (including phenoxy) is 2. The molecule has 0 spiro atoms. The van der Waals surface area contributed by atoms with Gasteiger partial charge in [0.15, 0.2) is 15.7 Å². The smallest absolute Gasteiger partial charge is 0.318 e. The lowest BCUT2D eigenvalue weighted by atomic mass is 10.1. The number of nitrogens with zero attached hydrogens (tertiary/aromatic N) is 3. The fraction of sp³-hybridized carbons (Fsp3) is 0.522. The van der Waals surface area contributed by atoms with E-state index in [1.165, 1.54) is 7.11 Å². The summed E-state index contributed by atoms with van der Waals surface area (Å²) in [4.78, 5) is 23.3. The molecule has 1 saturated carbocycles. The molecule has 4 rings (SSSR count). The summed E-state index contributed by atoms with van der Waals surface area (Å²) < 4.78 is 36.1. The van der Waals surface area contributed by atoms with Crippen LogP contribution < -0.4 is 15.5 Å². The van der Waals surface area contributed by atoms with Crippen LogP contribution in [-0.4, -0.2) is 76.7 Å². The third kappa shape index (κ3) is 4.86. The van der Waals surface area contributed by atoms with Crippen LogP contribution in [0.3, 0.4) is 0 Å². The number of aromatic nitrogens is 2. The molecule has 1 saturated heterocycles.